The Kier molecular flexibility index (Phi) is 11.7. The summed E-state index contributed by atoms with van der Waals surface area (Å²) in [4.78, 5) is 28.2. The van der Waals surface area contributed by atoms with Gasteiger partial charge in [-0.2, -0.15) is 0 Å². The Morgan fingerprint density at radius 2 is 1.95 bits per heavy atom. The molecule has 0 saturated heterocycles. The lowest BCUT2D eigenvalue weighted by molar-refractivity contribution is -0.142. The molecule has 1 saturated carbocycles. The molecule has 1 aliphatic carbocycles. The molecule has 1 aliphatic heterocycles. The molecule has 0 spiro atoms. The summed E-state index contributed by atoms with van der Waals surface area (Å²) in [7, 11) is 1.63. The topological polar surface area (TPSA) is 90.9 Å². The molecule has 2 amide bonds. The molecule has 7 nitrogen and oxygen atoms in total. The van der Waals surface area contributed by atoms with Crippen LogP contribution in [0.1, 0.15) is 64.4 Å². The van der Waals surface area contributed by atoms with Gasteiger partial charge >= 0.3 is 0 Å². The quantitative estimate of drug-likeness (QED) is 0.465. The maximum atomic E-state index is 13.9. The van der Waals surface area contributed by atoms with E-state index >= 15 is 0 Å². The van der Waals surface area contributed by atoms with Crippen molar-refractivity contribution >= 4 is 11.8 Å². The van der Waals surface area contributed by atoms with Gasteiger partial charge in [-0.25, -0.2) is 8.78 Å². The highest BCUT2D eigenvalue weighted by Gasteiger charge is 2.33. The molecule has 0 unspecified atom stereocenters. The number of β-amino-alcohol motifs (C(OH)–C–C–N with tert-alkyl or cyclic N) is 1. The third kappa shape index (κ3) is 8.85. The summed E-state index contributed by atoms with van der Waals surface area (Å²) in [5, 5.41) is 17.4. The van der Waals surface area contributed by atoms with Gasteiger partial charge in [-0.1, -0.05) is 38.8 Å². The number of carbonyl (C=O) groups excluding carboxylic acids is 2. The van der Waals surface area contributed by atoms with E-state index in [4.69, 9.17) is 4.74 Å². The third-order valence-electron chi connectivity index (χ3n) is 7.65. The Balaban J connectivity index is 1.85. The molecule has 212 valence electrons. The third-order valence-corrected chi connectivity index (χ3v) is 7.65. The van der Waals surface area contributed by atoms with E-state index in [1.54, 1.807) is 7.05 Å². The first-order valence-electron chi connectivity index (χ1n) is 13.9. The molecule has 2 aliphatic rings. The standard InChI is InChI=1S/C29H43F2N3O4/c1-4-5-8-19(2)29(37)34(3)26-9-6-7-12-38-24-11-10-23(17-24)32-18-27(35)25(33-28(26)36)15-20-13-21(30)16-22(31)14-20/h6-7,13-14,16,19,23-27,32,35H,4-5,8-12,15,17-18H2,1-3H3,(H,33,36)/b7-6+/t19-,23+,24-,25-,26-,27+/m0/s1. The van der Waals surface area contributed by atoms with Crippen molar-refractivity contribution in [2.75, 3.05) is 20.2 Å². The maximum absolute atomic E-state index is 13.9. The Bertz CT molecular complexity index is 940. The lowest BCUT2D eigenvalue weighted by Gasteiger charge is -2.32. The number of hydrogen-bond acceptors (Lipinski definition) is 5. The Morgan fingerprint density at radius 1 is 1.21 bits per heavy atom. The summed E-state index contributed by atoms with van der Waals surface area (Å²) in [6, 6.07) is 1.74. The molecule has 0 aromatic heterocycles. The highest BCUT2D eigenvalue weighted by Crippen LogP contribution is 2.23. The number of fused-ring (bicyclic) bond motifs is 2. The fourth-order valence-electron chi connectivity index (χ4n) is 5.31. The molecule has 9 heteroatoms. The number of rotatable bonds is 7. The molecule has 0 radical (unpaired) electrons. The number of carbonyl (C=O) groups is 2. The summed E-state index contributed by atoms with van der Waals surface area (Å²) in [5.41, 5.74) is 0.327. The number of likely N-dealkylation sites (N-methyl/N-ethyl adjacent to an activating group) is 1. The van der Waals surface area contributed by atoms with Gasteiger partial charge in [0.25, 0.3) is 0 Å². The molecule has 3 rings (SSSR count). The second-order valence-corrected chi connectivity index (χ2v) is 10.8. The summed E-state index contributed by atoms with van der Waals surface area (Å²) >= 11 is 0. The van der Waals surface area contributed by atoms with E-state index in [-0.39, 0.29) is 43.4 Å². The van der Waals surface area contributed by atoms with Crippen molar-refractivity contribution < 1.29 is 28.2 Å². The average molecular weight is 536 g/mol. The van der Waals surface area contributed by atoms with Crippen LogP contribution < -0.4 is 10.6 Å². The van der Waals surface area contributed by atoms with Crippen molar-refractivity contribution in [3.63, 3.8) is 0 Å². The Hall–Kier alpha value is -2.36. The molecule has 1 fully saturated rings. The van der Waals surface area contributed by atoms with E-state index < -0.39 is 35.7 Å². The van der Waals surface area contributed by atoms with Crippen molar-refractivity contribution in [3.05, 3.63) is 47.5 Å². The minimum atomic E-state index is -1.02. The van der Waals surface area contributed by atoms with Gasteiger partial charge in [-0.05, 0) is 56.2 Å². The van der Waals surface area contributed by atoms with E-state index in [0.29, 0.717) is 12.2 Å². The number of unbranched alkanes of at least 4 members (excludes halogenated alkanes) is 1. The lowest BCUT2D eigenvalue weighted by atomic mass is 9.98. The van der Waals surface area contributed by atoms with Crippen LogP contribution in [0.15, 0.2) is 30.4 Å². The maximum Gasteiger partial charge on any atom is 0.243 e. The zero-order valence-corrected chi connectivity index (χ0v) is 22.8. The van der Waals surface area contributed by atoms with Crippen molar-refractivity contribution in [1.82, 2.24) is 15.5 Å². The normalized spacial score (nSPS) is 28.6. The molecular formula is C29H43F2N3O4. The van der Waals surface area contributed by atoms with Gasteiger partial charge in [-0.3, -0.25) is 9.59 Å². The minimum Gasteiger partial charge on any atom is -0.390 e. The average Bonchev–Trinajstić information content (AvgIpc) is 3.33. The Labute approximate surface area is 225 Å². The number of ether oxygens (including phenoxy) is 1. The summed E-state index contributed by atoms with van der Waals surface area (Å²) in [5.74, 6) is -2.21. The first-order chi connectivity index (χ1) is 18.2. The van der Waals surface area contributed by atoms with Gasteiger partial charge in [0.05, 0.1) is 24.9 Å². The molecule has 3 N–H and O–H groups in total. The van der Waals surface area contributed by atoms with Crippen LogP contribution in [-0.2, 0) is 20.7 Å². The molecule has 1 heterocycles. The van der Waals surface area contributed by atoms with Crippen molar-refractivity contribution in [3.8, 4) is 0 Å². The van der Waals surface area contributed by atoms with Crippen LogP contribution in [0.2, 0.25) is 0 Å². The summed E-state index contributed by atoms with van der Waals surface area (Å²) in [6.45, 7) is 4.56. The van der Waals surface area contributed by atoms with Crippen LogP contribution in [0.3, 0.4) is 0 Å². The van der Waals surface area contributed by atoms with E-state index in [0.717, 1.165) is 44.6 Å². The van der Waals surface area contributed by atoms with Crippen LogP contribution in [0, 0.1) is 17.6 Å². The Morgan fingerprint density at radius 3 is 2.66 bits per heavy atom. The van der Waals surface area contributed by atoms with E-state index in [1.165, 1.54) is 17.0 Å². The number of aliphatic hydroxyl groups is 1. The van der Waals surface area contributed by atoms with Crippen molar-refractivity contribution in [2.45, 2.75) is 95.5 Å². The van der Waals surface area contributed by atoms with Gasteiger partial charge in [0.1, 0.15) is 17.7 Å². The monoisotopic (exact) mass is 535 g/mol. The molecule has 38 heavy (non-hydrogen) atoms. The van der Waals surface area contributed by atoms with E-state index in [9.17, 15) is 23.5 Å². The predicted molar refractivity (Wildman–Crippen MR) is 142 cm³/mol. The smallest absolute Gasteiger partial charge is 0.243 e. The molecule has 1 aromatic carbocycles. The van der Waals surface area contributed by atoms with E-state index in [1.807, 2.05) is 19.1 Å². The van der Waals surface area contributed by atoms with Crippen molar-refractivity contribution in [1.29, 1.82) is 0 Å². The first-order valence-corrected chi connectivity index (χ1v) is 13.9. The summed E-state index contributed by atoms with van der Waals surface area (Å²) in [6.07, 6.45) is 8.42. The fraction of sp³-hybridized carbons (Fsp3) is 0.655. The number of halogens is 2. The van der Waals surface area contributed by atoms with Crippen LogP contribution >= 0.6 is 0 Å². The number of hydrogen-bond donors (Lipinski definition) is 3. The number of aliphatic hydroxyl groups excluding tert-OH is 1. The zero-order chi connectivity index (χ0) is 27.7. The molecule has 6 atom stereocenters. The lowest BCUT2D eigenvalue weighted by Crippen LogP contribution is -2.55. The number of nitrogens with one attached hydrogen (secondary N) is 2. The predicted octanol–water partition coefficient (Wildman–Crippen LogP) is 3.49. The van der Waals surface area contributed by atoms with Gasteiger partial charge in [-0.15, -0.1) is 0 Å². The van der Waals surface area contributed by atoms with Crippen LogP contribution in [0.4, 0.5) is 8.78 Å². The molecule has 2 bridgehead atoms. The SMILES string of the molecule is CCCC[C@H](C)C(=O)N(C)[C@H]1C/C=C/CO[C@H]2CC[C@H](C2)NC[C@@H](O)[C@H](Cc2cc(F)cc(F)c2)NC1=O. The largest absolute Gasteiger partial charge is 0.390 e. The van der Waals surface area contributed by atoms with Gasteiger partial charge in [0.2, 0.25) is 11.8 Å². The molecular weight excluding hydrogens is 492 g/mol. The fourth-order valence-corrected chi connectivity index (χ4v) is 5.31. The van der Waals surface area contributed by atoms with E-state index in [2.05, 4.69) is 17.6 Å². The van der Waals surface area contributed by atoms with Crippen LogP contribution in [0.25, 0.3) is 0 Å². The van der Waals surface area contributed by atoms with Crippen LogP contribution in [0.5, 0.6) is 0 Å². The zero-order valence-electron chi connectivity index (χ0n) is 22.8. The molecule has 1 aromatic rings. The highest BCUT2D eigenvalue weighted by atomic mass is 19.1. The second kappa shape index (κ2) is 14.7. The van der Waals surface area contributed by atoms with Gasteiger partial charge in [0, 0.05) is 31.6 Å². The number of nitrogens with zero attached hydrogens (tertiary/aromatic N) is 1. The summed E-state index contributed by atoms with van der Waals surface area (Å²) < 4.78 is 33.8. The first kappa shape index (κ1) is 30.2. The van der Waals surface area contributed by atoms with Crippen LogP contribution in [-0.4, -0.2) is 72.4 Å². The second-order valence-electron chi connectivity index (χ2n) is 10.8. The number of benzene rings is 1. The highest BCUT2D eigenvalue weighted by molar-refractivity contribution is 5.88. The number of amides is 2. The van der Waals surface area contributed by atoms with Gasteiger partial charge in [0.15, 0.2) is 0 Å². The van der Waals surface area contributed by atoms with Gasteiger partial charge < -0.3 is 25.4 Å². The van der Waals surface area contributed by atoms with Crippen molar-refractivity contribution in [2.24, 2.45) is 5.92 Å². The minimum absolute atomic E-state index is 0.0345.